The van der Waals surface area contributed by atoms with Crippen LogP contribution in [0.4, 0.5) is 10.1 Å². The summed E-state index contributed by atoms with van der Waals surface area (Å²) in [7, 11) is -2.51. The average Bonchev–Trinajstić information content (AvgIpc) is 2.94. The second-order valence-corrected chi connectivity index (χ2v) is 12.0. The number of methoxy groups -OCH3 is 1. The molecule has 0 unspecified atom stereocenters. The zero-order valence-corrected chi connectivity index (χ0v) is 24.1. The second kappa shape index (κ2) is 11.4. The highest BCUT2D eigenvalue weighted by molar-refractivity contribution is 14.1. The number of sulfonamides is 1. The summed E-state index contributed by atoms with van der Waals surface area (Å²) in [6.45, 7) is 2.94. The van der Waals surface area contributed by atoms with E-state index < -0.39 is 10.0 Å². The van der Waals surface area contributed by atoms with Gasteiger partial charge in [0.25, 0.3) is 15.9 Å². The van der Waals surface area contributed by atoms with Crippen LogP contribution in [0.15, 0.2) is 77.8 Å². The molecule has 0 bridgehead atoms. The van der Waals surface area contributed by atoms with Gasteiger partial charge in [0.05, 0.1) is 23.9 Å². The molecule has 202 valence electrons. The zero-order valence-electron chi connectivity index (χ0n) is 21.1. The van der Waals surface area contributed by atoms with Crippen LogP contribution in [0.1, 0.15) is 15.9 Å². The van der Waals surface area contributed by atoms with Gasteiger partial charge in [0.1, 0.15) is 16.5 Å². The molecule has 0 spiro atoms. The Hall–Kier alpha value is -3.29. The van der Waals surface area contributed by atoms with E-state index in [0.29, 0.717) is 52.8 Å². The fourth-order valence-electron chi connectivity index (χ4n) is 4.61. The number of carbonyl (C=O) groups is 1. The smallest absolute Gasteiger partial charge is 0.264 e. The van der Waals surface area contributed by atoms with E-state index in [-0.39, 0.29) is 28.1 Å². The van der Waals surface area contributed by atoms with Crippen LogP contribution in [0.2, 0.25) is 0 Å². The highest BCUT2D eigenvalue weighted by atomic mass is 127. The first-order valence-corrected chi connectivity index (χ1v) is 14.8. The Morgan fingerprint density at radius 2 is 1.82 bits per heavy atom. The summed E-state index contributed by atoms with van der Waals surface area (Å²) in [5.74, 6) is -0.152. The topological polar surface area (TPSA) is 91.8 Å². The summed E-state index contributed by atoms with van der Waals surface area (Å²) in [5, 5.41) is 0.713. The van der Waals surface area contributed by atoms with Crippen LogP contribution in [-0.4, -0.2) is 62.4 Å². The monoisotopic (exact) mass is 660 g/mol. The standard InChI is InChI=1S/C28H26FIN4O4S/c1-38-25-17-21(32-39(36,37)26-6-2-4-20-5-3-11-31-27(20)26)8-9-22(25)28(35)34-14-12-33(13-15-34)18-19-7-10-24(30)23(29)16-19/h2-11,16-17,32H,12-15,18H2,1H3. The minimum absolute atomic E-state index is 0.0607. The molecule has 5 rings (SSSR count). The third kappa shape index (κ3) is 5.99. The number of carbonyl (C=O) groups excluding carboxylic acids is 1. The molecular weight excluding hydrogens is 634 g/mol. The van der Waals surface area contributed by atoms with Gasteiger partial charge in [0.15, 0.2) is 0 Å². The first kappa shape index (κ1) is 27.3. The van der Waals surface area contributed by atoms with Crippen molar-refractivity contribution in [2.75, 3.05) is 38.0 Å². The predicted octanol–water partition coefficient (Wildman–Crippen LogP) is 4.75. The van der Waals surface area contributed by atoms with Crippen molar-refractivity contribution < 1.29 is 22.3 Å². The number of aromatic nitrogens is 1. The van der Waals surface area contributed by atoms with E-state index in [9.17, 15) is 17.6 Å². The maximum absolute atomic E-state index is 13.9. The number of ether oxygens (including phenoxy) is 1. The molecule has 4 aromatic rings. The maximum atomic E-state index is 13.9. The van der Waals surface area contributed by atoms with Gasteiger partial charge < -0.3 is 9.64 Å². The van der Waals surface area contributed by atoms with E-state index in [0.717, 1.165) is 5.56 Å². The van der Waals surface area contributed by atoms with Crippen molar-refractivity contribution in [1.82, 2.24) is 14.8 Å². The number of piperazine rings is 1. The van der Waals surface area contributed by atoms with Gasteiger partial charge in [-0.3, -0.25) is 19.4 Å². The van der Waals surface area contributed by atoms with Gasteiger partial charge in [-0.25, -0.2) is 12.8 Å². The number of para-hydroxylation sites is 1. The third-order valence-corrected chi connectivity index (χ3v) is 8.91. The Morgan fingerprint density at radius 1 is 1.05 bits per heavy atom. The van der Waals surface area contributed by atoms with Crippen molar-refractivity contribution in [3.63, 3.8) is 0 Å². The predicted molar refractivity (Wildman–Crippen MR) is 156 cm³/mol. The van der Waals surface area contributed by atoms with E-state index in [1.54, 1.807) is 59.6 Å². The van der Waals surface area contributed by atoms with Gasteiger partial charge in [-0.05, 0) is 64.6 Å². The first-order valence-electron chi connectivity index (χ1n) is 12.3. The van der Waals surface area contributed by atoms with Gasteiger partial charge in [0, 0.05) is 53.9 Å². The Morgan fingerprint density at radius 3 is 2.56 bits per heavy atom. The van der Waals surface area contributed by atoms with Crippen LogP contribution in [0.3, 0.4) is 0 Å². The molecule has 1 aromatic heterocycles. The minimum atomic E-state index is -3.95. The summed E-state index contributed by atoms with van der Waals surface area (Å²) in [5.41, 5.74) is 1.88. The minimum Gasteiger partial charge on any atom is -0.496 e. The van der Waals surface area contributed by atoms with Crippen LogP contribution in [0.5, 0.6) is 5.75 Å². The lowest BCUT2D eigenvalue weighted by Crippen LogP contribution is -2.48. The van der Waals surface area contributed by atoms with Gasteiger partial charge in [0.2, 0.25) is 0 Å². The number of rotatable bonds is 7. The molecule has 0 radical (unpaired) electrons. The number of anilines is 1. The lowest BCUT2D eigenvalue weighted by Gasteiger charge is -2.35. The highest BCUT2D eigenvalue weighted by Gasteiger charge is 2.25. The number of hydrogen-bond acceptors (Lipinski definition) is 6. The van der Waals surface area contributed by atoms with Gasteiger partial charge in [-0.15, -0.1) is 0 Å². The second-order valence-electron chi connectivity index (χ2n) is 9.17. The van der Waals surface area contributed by atoms with Crippen molar-refractivity contribution in [2.24, 2.45) is 0 Å². The van der Waals surface area contributed by atoms with Gasteiger partial charge in [-0.1, -0.05) is 24.3 Å². The van der Waals surface area contributed by atoms with Gasteiger partial charge >= 0.3 is 0 Å². The molecule has 1 aliphatic rings. The summed E-state index contributed by atoms with van der Waals surface area (Å²) < 4.78 is 48.9. The third-order valence-electron chi connectivity index (χ3n) is 6.62. The molecule has 1 N–H and O–H groups in total. The molecule has 1 fully saturated rings. The Labute approximate surface area is 240 Å². The normalized spacial score (nSPS) is 14.4. The van der Waals surface area contributed by atoms with Gasteiger partial charge in [-0.2, -0.15) is 0 Å². The Kier molecular flexibility index (Phi) is 8.01. The molecule has 0 aliphatic carbocycles. The van der Waals surface area contributed by atoms with E-state index in [4.69, 9.17) is 4.74 Å². The lowest BCUT2D eigenvalue weighted by molar-refractivity contribution is 0.0625. The van der Waals surface area contributed by atoms with Crippen molar-refractivity contribution in [3.05, 3.63) is 93.4 Å². The zero-order chi connectivity index (χ0) is 27.6. The number of halogens is 2. The summed E-state index contributed by atoms with van der Waals surface area (Å²) in [6, 6.07) is 18.4. The number of nitrogens with one attached hydrogen (secondary N) is 1. The van der Waals surface area contributed by atoms with Crippen molar-refractivity contribution in [3.8, 4) is 5.75 Å². The fraction of sp³-hybridized carbons (Fsp3) is 0.214. The number of amides is 1. The molecule has 1 amide bonds. The Balaban J connectivity index is 1.27. The van der Waals surface area contributed by atoms with Crippen LogP contribution < -0.4 is 9.46 Å². The molecule has 2 heterocycles. The van der Waals surface area contributed by atoms with E-state index in [1.807, 2.05) is 28.7 Å². The molecular formula is C28H26FIN4O4S. The molecule has 3 aromatic carbocycles. The molecule has 8 nitrogen and oxygen atoms in total. The van der Waals surface area contributed by atoms with Crippen LogP contribution in [0.25, 0.3) is 10.9 Å². The SMILES string of the molecule is COc1cc(NS(=O)(=O)c2cccc3cccnc23)ccc1C(=O)N1CCN(Cc2ccc(I)c(F)c2)CC1. The number of fused-ring (bicyclic) bond motifs is 1. The van der Waals surface area contributed by atoms with Crippen LogP contribution in [-0.2, 0) is 16.6 Å². The Bertz CT molecular complexity index is 1640. The molecule has 0 saturated carbocycles. The summed E-state index contributed by atoms with van der Waals surface area (Å²) in [6.07, 6.45) is 1.55. The molecule has 0 atom stereocenters. The number of benzene rings is 3. The van der Waals surface area contributed by atoms with E-state index >= 15 is 0 Å². The van der Waals surface area contributed by atoms with Crippen LogP contribution in [0, 0.1) is 9.39 Å². The molecule has 39 heavy (non-hydrogen) atoms. The van der Waals surface area contributed by atoms with Crippen molar-refractivity contribution >= 4 is 55.1 Å². The lowest BCUT2D eigenvalue weighted by atomic mass is 10.1. The first-order chi connectivity index (χ1) is 18.7. The highest BCUT2D eigenvalue weighted by Crippen LogP contribution is 2.28. The van der Waals surface area contributed by atoms with E-state index in [2.05, 4.69) is 14.6 Å². The number of pyridine rings is 1. The molecule has 1 saturated heterocycles. The van der Waals surface area contributed by atoms with Crippen LogP contribution >= 0.6 is 22.6 Å². The quantitative estimate of drug-likeness (QED) is 0.288. The van der Waals surface area contributed by atoms with Crippen molar-refractivity contribution in [2.45, 2.75) is 11.4 Å². The summed E-state index contributed by atoms with van der Waals surface area (Å²) in [4.78, 5) is 21.5. The number of hydrogen-bond donors (Lipinski definition) is 1. The molecule has 11 heteroatoms. The summed E-state index contributed by atoms with van der Waals surface area (Å²) >= 11 is 1.97. The fourth-order valence-corrected chi connectivity index (χ4v) is 6.18. The van der Waals surface area contributed by atoms with Crippen molar-refractivity contribution in [1.29, 1.82) is 0 Å². The maximum Gasteiger partial charge on any atom is 0.264 e. The van der Waals surface area contributed by atoms with E-state index in [1.165, 1.54) is 19.2 Å². The average molecular weight is 661 g/mol. The molecule has 1 aliphatic heterocycles. The number of nitrogens with zero attached hydrogens (tertiary/aromatic N) is 3. The largest absolute Gasteiger partial charge is 0.496 e.